The molecule has 0 spiro atoms. The van der Waals surface area contributed by atoms with Crippen LogP contribution in [0.4, 0.5) is 0 Å². The van der Waals surface area contributed by atoms with Crippen molar-refractivity contribution in [2.24, 2.45) is 0 Å². The Bertz CT molecular complexity index is 205. The third-order valence-electron chi connectivity index (χ3n) is 1.49. The molecule has 0 saturated heterocycles. The van der Waals surface area contributed by atoms with E-state index in [-0.39, 0.29) is 0 Å². The zero-order valence-electron chi connectivity index (χ0n) is 7.15. The molecule has 1 aromatic heterocycles. The molecule has 1 rings (SSSR count). The first kappa shape index (κ1) is 8.27. The first-order valence-corrected chi connectivity index (χ1v) is 4.04. The van der Waals surface area contributed by atoms with Crippen LogP contribution in [0, 0.1) is 6.92 Å². The van der Waals surface area contributed by atoms with Crippen molar-refractivity contribution in [2.45, 2.75) is 26.8 Å². The summed E-state index contributed by atoms with van der Waals surface area (Å²) in [6.45, 7) is 6.10. The minimum Gasteiger partial charge on any atom is -0.311 e. The largest absolute Gasteiger partial charge is 0.311 e. The number of nitrogens with zero attached hydrogens (tertiary/aromatic N) is 1. The first-order valence-electron chi connectivity index (χ1n) is 4.04. The van der Waals surface area contributed by atoms with Gasteiger partial charge in [0.25, 0.3) is 0 Å². The lowest BCUT2D eigenvalue weighted by molar-refractivity contribution is 0.662. The zero-order chi connectivity index (χ0) is 8.10. The smallest absolute Gasteiger partial charge is 0.0762 e. The van der Waals surface area contributed by atoms with Gasteiger partial charge in [-0.2, -0.15) is 5.10 Å². The van der Waals surface area contributed by atoms with E-state index in [0.717, 1.165) is 24.5 Å². The van der Waals surface area contributed by atoms with Gasteiger partial charge in [-0.25, -0.2) is 0 Å². The van der Waals surface area contributed by atoms with Crippen molar-refractivity contribution in [3.63, 3.8) is 0 Å². The van der Waals surface area contributed by atoms with E-state index in [0.29, 0.717) is 0 Å². The van der Waals surface area contributed by atoms with Gasteiger partial charge in [0.05, 0.1) is 5.69 Å². The highest BCUT2D eigenvalue weighted by atomic mass is 15.1. The summed E-state index contributed by atoms with van der Waals surface area (Å²) in [7, 11) is 0. The Hall–Kier alpha value is -0.830. The van der Waals surface area contributed by atoms with Gasteiger partial charge in [-0.3, -0.25) is 5.10 Å². The lowest BCUT2D eigenvalue weighted by Gasteiger charge is -1.97. The number of rotatable bonds is 4. The lowest BCUT2D eigenvalue weighted by atomic mass is 10.3. The highest BCUT2D eigenvalue weighted by Gasteiger charge is 1.94. The number of aromatic amines is 1. The molecule has 0 amide bonds. The van der Waals surface area contributed by atoms with Crippen molar-refractivity contribution in [3.05, 3.63) is 17.5 Å². The highest BCUT2D eigenvalue weighted by molar-refractivity contribution is 5.05. The number of nitrogens with one attached hydrogen (secondary N) is 2. The number of hydrogen-bond acceptors (Lipinski definition) is 2. The fourth-order valence-electron chi connectivity index (χ4n) is 0.958. The Balaban J connectivity index is 2.27. The molecular formula is C8H15N3. The highest BCUT2D eigenvalue weighted by Crippen LogP contribution is 1.95. The Morgan fingerprint density at radius 1 is 1.64 bits per heavy atom. The van der Waals surface area contributed by atoms with Gasteiger partial charge in [0, 0.05) is 12.2 Å². The molecule has 2 N–H and O–H groups in total. The topological polar surface area (TPSA) is 40.7 Å². The summed E-state index contributed by atoms with van der Waals surface area (Å²) in [5.41, 5.74) is 2.22. The van der Waals surface area contributed by atoms with Crippen LogP contribution in [-0.4, -0.2) is 16.7 Å². The average molecular weight is 153 g/mol. The minimum atomic E-state index is 0.873. The standard InChI is InChI=1S/C8H15N3/c1-3-4-9-6-8-5-7(2)10-11-8/h5,9H,3-4,6H2,1-2H3,(H,10,11). The van der Waals surface area contributed by atoms with E-state index >= 15 is 0 Å². The molecule has 3 nitrogen and oxygen atoms in total. The summed E-state index contributed by atoms with van der Waals surface area (Å²) < 4.78 is 0. The summed E-state index contributed by atoms with van der Waals surface area (Å²) in [5, 5.41) is 10.3. The molecule has 0 aliphatic heterocycles. The Kier molecular flexibility index (Phi) is 3.11. The first-order chi connectivity index (χ1) is 5.33. The van der Waals surface area contributed by atoms with Crippen LogP contribution in [0.5, 0.6) is 0 Å². The maximum absolute atomic E-state index is 4.10. The van der Waals surface area contributed by atoms with E-state index in [9.17, 15) is 0 Å². The zero-order valence-corrected chi connectivity index (χ0v) is 7.15. The molecule has 0 saturated carbocycles. The Morgan fingerprint density at radius 3 is 3.00 bits per heavy atom. The number of aryl methyl sites for hydroxylation is 1. The third kappa shape index (κ3) is 2.72. The SMILES string of the molecule is CCCNCc1cc(C)[nH]n1. The van der Waals surface area contributed by atoms with E-state index in [2.05, 4.69) is 28.5 Å². The summed E-state index contributed by atoms with van der Waals surface area (Å²) in [4.78, 5) is 0. The molecule has 0 bridgehead atoms. The van der Waals surface area contributed by atoms with Gasteiger partial charge in [-0.05, 0) is 26.0 Å². The minimum absolute atomic E-state index is 0.873. The second kappa shape index (κ2) is 4.13. The van der Waals surface area contributed by atoms with Gasteiger partial charge >= 0.3 is 0 Å². The van der Waals surface area contributed by atoms with Crippen molar-refractivity contribution >= 4 is 0 Å². The maximum atomic E-state index is 4.10. The predicted octanol–water partition coefficient (Wildman–Crippen LogP) is 1.22. The molecule has 0 atom stereocenters. The van der Waals surface area contributed by atoms with Crippen LogP contribution in [-0.2, 0) is 6.54 Å². The van der Waals surface area contributed by atoms with E-state index in [1.807, 2.05) is 6.92 Å². The van der Waals surface area contributed by atoms with Crippen molar-refractivity contribution in [1.82, 2.24) is 15.5 Å². The molecule has 0 aliphatic rings. The molecular weight excluding hydrogens is 138 g/mol. The fraction of sp³-hybridized carbons (Fsp3) is 0.625. The predicted molar refractivity (Wildman–Crippen MR) is 45.3 cm³/mol. The van der Waals surface area contributed by atoms with Crippen LogP contribution in [0.3, 0.4) is 0 Å². The van der Waals surface area contributed by atoms with Crippen LogP contribution >= 0.6 is 0 Å². The quantitative estimate of drug-likeness (QED) is 0.638. The van der Waals surface area contributed by atoms with Gasteiger partial charge in [0.1, 0.15) is 0 Å². The van der Waals surface area contributed by atoms with E-state index < -0.39 is 0 Å². The molecule has 0 fully saturated rings. The summed E-state index contributed by atoms with van der Waals surface area (Å²) in [6.07, 6.45) is 1.17. The lowest BCUT2D eigenvalue weighted by Crippen LogP contribution is -2.13. The molecule has 3 heteroatoms. The number of H-pyrrole nitrogens is 1. The van der Waals surface area contributed by atoms with Gasteiger partial charge in [-0.1, -0.05) is 6.92 Å². The van der Waals surface area contributed by atoms with Crippen LogP contribution in [0.25, 0.3) is 0 Å². The van der Waals surface area contributed by atoms with Gasteiger partial charge in [0.2, 0.25) is 0 Å². The fourth-order valence-corrected chi connectivity index (χ4v) is 0.958. The van der Waals surface area contributed by atoms with Crippen LogP contribution < -0.4 is 5.32 Å². The molecule has 1 aromatic rings. The van der Waals surface area contributed by atoms with E-state index in [1.165, 1.54) is 6.42 Å². The molecule has 62 valence electrons. The number of hydrogen-bond donors (Lipinski definition) is 2. The second-order valence-electron chi connectivity index (χ2n) is 2.72. The van der Waals surface area contributed by atoms with Gasteiger partial charge in [0.15, 0.2) is 0 Å². The van der Waals surface area contributed by atoms with Crippen molar-refractivity contribution in [3.8, 4) is 0 Å². The second-order valence-corrected chi connectivity index (χ2v) is 2.72. The molecule has 11 heavy (non-hydrogen) atoms. The van der Waals surface area contributed by atoms with E-state index in [4.69, 9.17) is 0 Å². The monoisotopic (exact) mass is 153 g/mol. The van der Waals surface area contributed by atoms with Crippen LogP contribution in [0.15, 0.2) is 6.07 Å². The Labute approximate surface area is 67.2 Å². The van der Waals surface area contributed by atoms with Crippen molar-refractivity contribution in [2.75, 3.05) is 6.54 Å². The average Bonchev–Trinajstić information content (AvgIpc) is 2.37. The molecule has 0 aliphatic carbocycles. The van der Waals surface area contributed by atoms with E-state index in [1.54, 1.807) is 0 Å². The van der Waals surface area contributed by atoms with Crippen molar-refractivity contribution < 1.29 is 0 Å². The van der Waals surface area contributed by atoms with Gasteiger partial charge < -0.3 is 5.32 Å². The summed E-state index contributed by atoms with van der Waals surface area (Å²) in [5.74, 6) is 0. The molecule has 0 radical (unpaired) electrons. The molecule has 0 unspecified atom stereocenters. The summed E-state index contributed by atoms with van der Waals surface area (Å²) in [6, 6.07) is 2.06. The normalized spacial score (nSPS) is 10.4. The van der Waals surface area contributed by atoms with Crippen molar-refractivity contribution in [1.29, 1.82) is 0 Å². The van der Waals surface area contributed by atoms with Gasteiger partial charge in [-0.15, -0.1) is 0 Å². The molecule has 0 aromatic carbocycles. The van der Waals surface area contributed by atoms with Crippen LogP contribution in [0.2, 0.25) is 0 Å². The number of aromatic nitrogens is 2. The summed E-state index contributed by atoms with van der Waals surface area (Å²) >= 11 is 0. The van der Waals surface area contributed by atoms with Crippen LogP contribution in [0.1, 0.15) is 24.7 Å². The third-order valence-corrected chi connectivity index (χ3v) is 1.49. The molecule has 1 heterocycles. The maximum Gasteiger partial charge on any atom is 0.0762 e. The Morgan fingerprint density at radius 2 is 2.45 bits per heavy atom.